The molecule has 1 N–H and O–H groups in total. The van der Waals surface area contributed by atoms with Gasteiger partial charge in [-0.25, -0.2) is 4.79 Å². The van der Waals surface area contributed by atoms with Gasteiger partial charge in [0.2, 0.25) is 0 Å². The monoisotopic (exact) mass is 296 g/mol. The molecule has 0 saturated heterocycles. The van der Waals surface area contributed by atoms with E-state index in [1.165, 1.54) is 0 Å². The summed E-state index contributed by atoms with van der Waals surface area (Å²) in [5.74, 6) is -0.654. The Bertz CT molecular complexity index is 634. The van der Waals surface area contributed by atoms with Crippen LogP contribution in [0.5, 0.6) is 0 Å². The van der Waals surface area contributed by atoms with Crippen molar-refractivity contribution in [2.75, 3.05) is 6.61 Å². The summed E-state index contributed by atoms with van der Waals surface area (Å²) < 4.78 is 5.07. The maximum absolute atomic E-state index is 12.3. The molecule has 1 unspecified atom stereocenters. The Kier molecular flexibility index (Phi) is 5.12. The van der Waals surface area contributed by atoms with E-state index >= 15 is 0 Å². The molecule has 0 amide bonds. The lowest BCUT2D eigenvalue weighted by Gasteiger charge is -2.27. The van der Waals surface area contributed by atoms with E-state index < -0.39 is 11.6 Å². The summed E-state index contributed by atoms with van der Waals surface area (Å²) in [6.07, 6.45) is 0.0832. The molecule has 0 radical (unpaired) electrons. The number of aliphatic hydroxyl groups is 1. The molecule has 0 aliphatic carbocycles. The number of carbonyl (C=O) groups is 1. The van der Waals surface area contributed by atoms with Crippen LogP contribution < -0.4 is 0 Å². The molecule has 0 aliphatic rings. The van der Waals surface area contributed by atoms with E-state index in [1.54, 1.807) is 31.2 Å². The van der Waals surface area contributed by atoms with Crippen molar-refractivity contribution in [1.82, 2.24) is 0 Å². The Balaban J connectivity index is 2.33. The molecule has 0 spiro atoms. The zero-order valence-electron chi connectivity index (χ0n) is 12.7. The molecular weight excluding hydrogens is 276 g/mol. The fourth-order valence-electron chi connectivity index (χ4n) is 2.34. The predicted molar refractivity (Wildman–Crippen MR) is 87.1 cm³/mol. The number of hydrogen-bond acceptors (Lipinski definition) is 3. The SMILES string of the molecule is C=C(CC(O)(C(=O)OCC)c1ccccc1)c1ccccc1. The summed E-state index contributed by atoms with van der Waals surface area (Å²) in [4.78, 5) is 12.3. The highest BCUT2D eigenvalue weighted by Gasteiger charge is 2.40. The second kappa shape index (κ2) is 7.05. The molecule has 2 aromatic carbocycles. The van der Waals surface area contributed by atoms with Gasteiger partial charge in [-0.1, -0.05) is 67.2 Å². The summed E-state index contributed by atoms with van der Waals surface area (Å²) in [6.45, 7) is 5.94. The Hall–Kier alpha value is -2.39. The normalized spacial score (nSPS) is 13.2. The van der Waals surface area contributed by atoms with Gasteiger partial charge < -0.3 is 9.84 Å². The van der Waals surface area contributed by atoms with Crippen LogP contribution >= 0.6 is 0 Å². The fourth-order valence-corrected chi connectivity index (χ4v) is 2.34. The minimum absolute atomic E-state index is 0.0832. The summed E-state index contributed by atoms with van der Waals surface area (Å²) in [7, 11) is 0. The molecule has 2 rings (SSSR count). The second-order valence-corrected chi connectivity index (χ2v) is 5.09. The zero-order chi connectivity index (χ0) is 16.0. The molecular formula is C19H20O3. The molecule has 0 saturated carbocycles. The summed E-state index contributed by atoms with van der Waals surface area (Å²) in [5.41, 5.74) is 0.344. The zero-order valence-corrected chi connectivity index (χ0v) is 12.7. The van der Waals surface area contributed by atoms with Crippen LogP contribution in [0.25, 0.3) is 5.57 Å². The van der Waals surface area contributed by atoms with Crippen LogP contribution in [0.2, 0.25) is 0 Å². The third kappa shape index (κ3) is 3.43. The van der Waals surface area contributed by atoms with Gasteiger partial charge in [-0.15, -0.1) is 0 Å². The first-order valence-corrected chi connectivity index (χ1v) is 7.26. The highest BCUT2D eigenvalue weighted by molar-refractivity contribution is 5.84. The van der Waals surface area contributed by atoms with Gasteiger partial charge in [0.05, 0.1) is 6.61 Å². The lowest BCUT2D eigenvalue weighted by Crippen LogP contribution is -2.37. The lowest BCUT2D eigenvalue weighted by molar-refractivity contribution is -0.165. The molecule has 0 bridgehead atoms. The molecule has 0 fully saturated rings. The first-order valence-electron chi connectivity index (χ1n) is 7.26. The minimum atomic E-state index is -1.73. The predicted octanol–water partition coefficient (Wildman–Crippen LogP) is 3.54. The lowest BCUT2D eigenvalue weighted by atomic mass is 9.85. The molecule has 3 heteroatoms. The van der Waals surface area contributed by atoms with Crippen molar-refractivity contribution in [3.05, 3.63) is 78.4 Å². The van der Waals surface area contributed by atoms with Gasteiger partial charge in [-0.05, 0) is 23.6 Å². The Morgan fingerprint density at radius 1 is 1.09 bits per heavy atom. The van der Waals surface area contributed by atoms with Gasteiger partial charge in [0.15, 0.2) is 5.60 Å². The molecule has 2 aromatic rings. The van der Waals surface area contributed by atoms with Crippen LogP contribution in [0.15, 0.2) is 67.2 Å². The quantitative estimate of drug-likeness (QED) is 0.829. The van der Waals surface area contributed by atoms with Crippen LogP contribution in [0.4, 0.5) is 0 Å². The summed E-state index contributed by atoms with van der Waals surface area (Å²) in [6, 6.07) is 18.3. The molecule has 3 nitrogen and oxygen atoms in total. The van der Waals surface area contributed by atoms with Gasteiger partial charge in [-0.2, -0.15) is 0 Å². The van der Waals surface area contributed by atoms with E-state index in [1.807, 2.05) is 36.4 Å². The van der Waals surface area contributed by atoms with Crippen molar-refractivity contribution in [1.29, 1.82) is 0 Å². The van der Waals surface area contributed by atoms with E-state index in [0.29, 0.717) is 11.1 Å². The van der Waals surface area contributed by atoms with E-state index in [4.69, 9.17) is 4.74 Å². The molecule has 0 aromatic heterocycles. The van der Waals surface area contributed by atoms with Crippen molar-refractivity contribution in [3.63, 3.8) is 0 Å². The van der Waals surface area contributed by atoms with Gasteiger partial charge >= 0.3 is 5.97 Å². The van der Waals surface area contributed by atoms with E-state index in [2.05, 4.69) is 6.58 Å². The van der Waals surface area contributed by atoms with Crippen LogP contribution in [0, 0.1) is 0 Å². The largest absolute Gasteiger partial charge is 0.464 e. The third-order valence-electron chi connectivity index (χ3n) is 3.52. The summed E-state index contributed by atoms with van der Waals surface area (Å²) >= 11 is 0. The first kappa shape index (κ1) is 16.0. The van der Waals surface area contributed by atoms with Crippen LogP contribution in [-0.2, 0) is 15.1 Å². The van der Waals surface area contributed by atoms with Crippen molar-refractivity contribution < 1.29 is 14.6 Å². The fraction of sp³-hybridized carbons (Fsp3) is 0.211. The Morgan fingerprint density at radius 3 is 2.18 bits per heavy atom. The van der Waals surface area contributed by atoms with Gasteiger partial charge in [0.25, 0.3) is 0 Å². The van der Waals surface area contributed by atoms with Crippen molar-refractivity contribution >= 4 is 11.5 Å². The van der Waals surface area contributed by atoms with E-state index in [0.717, 1.165) is 5.56 Å². The molecule has 114 valence electrons. The number of esters is 1. The maximum Gasteiger partial charge on any atom is 0.343 e. The molecule has 22 heavy (non-hydrogen) atoms. The molecule has 0 heterocycles. The number of benzene rings is 2. The molecule has 0 aliphatic heterocycles. The van der Waals surface area contributed by atoms with Crippen LogP contribution in [-0.4, -0.2) is 17.7 Å². The number of ether oxygens (including phenoxy) is 1. The summed E-state index contributed by atoms with van der Waals surface area (Å²) in [5, 5.41) is 11.0. The van der Waals surface area contributed by atoms with Crippen LogP contribution in [0.3, 0.4) is 0 Å². The van der Waals surface area contributed by atoms with Gasteiger partial charge in [0.1, 0.15) is 0 Å². The second-order valence-electron chi connectivity index (χ2n) is 5.09. The average Bonchev–Trinajstić information content (AvgIpc) is 2.56. The number of carbonyl (C=O) groups excluding carboxylic acids is 1. The smallest absolute Gasteiger partial charge is 0.343 e. The Morgan fingerprint density at radius 2 is 1.64 bits per heavy atom. The highest BCUT2D eigenvalue weighted by atomic mass is 16.5. The maximum atomic E-state index is 12.3. The van der Waals surface area contributed by atoms with Crippen LogP contribution in [0.1, 0.15) is 24.5 Å². The van der Waals surface area contributed by atoms with E-state index in [-0.39, 0.29) is 13.0 Å². The van der Waals surface area contributed by atoms with Gasteiger partial charge in [0, 0.05) is 6.42 Å². The van der Waals surface area contributed by atoms with Gasteiger partial charge in [-0.3, -0.25) is 0 Å². The van der Waals surface area contributed by atoms with Crippen molar-refractivity contribution in [3.8, 4) is 0 Å². The number of rotatable bonds is 6. The third-order valence-corrected chi connectivity index (χ3v) is 3.52. The topological polar surface area (TPSA) is 46.5 Å². The van der Waals surface area contributed by atoms with E-state index in [9.17, 15) is 9.90 Å². The van der Waals surface area contributed by atoms with Crippen molar-refractivity contribution in [2.24, 2.45) is 0 Å². The Labute approximate surface area is 130 Å². The standard InChI is InChI=1S/C19H20O3/c1-3-22-18(20)19(21,17-12-8-5-9-13-17)14-15(2)16-10-6-4-7-11-16/h4-13,21H,2-3,14H2,1H3. The highest BCUT2D eigenvalue weighted by Crippen LogP contribution is 2.33. The minimum Gasteiger partial charge on any atom is -0.464 e. The molecule has 1 atom stereocenters. The number of hydrogen-bond donors (Lipinski definition) is 1. The average molecular weight is 296 g/mol. The first-order chi connectivity index (χ1) is 10.6. The van der Waals surface area contributed by atoms with Crippen molar-refractivity contribution in [2.45, 2.75) is 18.9 Å².